The molecule has 0 bridgehead atoms. The second-order valence-electron chi connectivity index (χ2n) is 6.69. The largest absolute Gasteiger partial charge is 0.461 e. The molecule has 0 fully saturated rings. The molecule has 162 valence electrons. The van der Waals surface area contributed by atoms with E-state index in [2.05, 4.69) is 15.5 Å². The van der Waals surface area contributed by atoms with Crippen molar-refractivity contribution in [3.05, 3.63) is 82.4 Å². The van der Waals surface area contributed by atoms with Gasteiger partial charge in [-0.3, -0.25) is 19.5 Å². The number of nitro benzene ring substituents is 1. The van der Waals surface area contributed by atoms with E-state index < -0.39 is 4.92 Å². The summed E-state index contributed by atoms with van der Waals surface area (Å²) in [6.07, 6.45) is 1.50. The second-order valence-corrected chi connectivity index (χ2v) is 7.63. The average molecular weight is 453 g/mol. The Balaban J connectivity index is 1.56. The van der Waals surface area contributed by atoms with Crippen LogP contribution in [0.1, 0.15) is 5.56 Å². The normalized spacial score (nSPS) is 10.8. The van der Waals surface area contributed by atoms with Crippen molar-refractivity contribution < 1.29 is 18.5 Å². The van der Waals surface area contributed by atoms with Crippen LogP contribution in [0.2, 0.25) is 0 Å². The van der Waals surface area contributed by atoms with Gasteiger partial charge in [0.15, 0.2) is 10.9 Å². The minimum atomic E-state index is -0.523. The summed E-state index contributed by atoms with van der Waals surface area (Å²) in [7, 11) is 0. The number of hydrogen-bond acceptors (Lipinski definition) is 7. The number of rotatable bonds is 7. The lowest BCUT2D eigenvalue weighted by Crippen LogP contribution is -2.15. The molecule has 11 heteroatoms. The fourth-order valence-electron chi connectivity index (χ4n) is 2.93. The molecule has 2 aromatic carbocycles. The zero-order valence-corrected chi connectivity index (χ0v) is 17.5. The number of aryl methyl sites for hydroxylation is 1. The summed E-state index contributed by atoms with van der Waals surface area (Å²) in [4.78, 5) is 23.0. The standard InChI is InChI=1S/C21H16FN5O4S/c1-13-4-7-16(27(29)30)11-17(13)23-19(28)12-32-21-25-24-20(18-3-2-10-31-18)26(21)15-8-5-14(22)6-9-15/h2-11H,12H2,1H3,(H,23,28). The number of non-ortho nitro benzene ring substituents is 1. The first-order chi connectivity index (χ1) is 15.4. The van der Waals surface area contributed by atoms with E-state index in [4.69, 9.17) is 4.42 Å². The summed E-state index contributed by atoms with van der Waals surface area (Å²) >= 11 is 1.12. The van der Waals surface area contributed by atoms with Gasteiger partial charge in [0.2, 0.25) is 11.7 Å². The number of carbonyl (C=O) groups excluding carboxylic acids is 1. The van der Waals surface area contributed by atoms with Crippen LogP contribution >= 0.6 is 11.8 Å². The van der Waals surface area contributed by atoms with Gasteiger partial charge in [-0.05, 0) is 48.9 Å². The molecule has 0 unspecified atom stereocenters. The lowest BCUT2D eigenvalue weighted by molar-refractivity contribution is -0.384. The molecular weight excluding hydrogens is 437 g/mol. The van der Waals surface area contributed by atoms with Gasteiger partial charge in [-0.25, -0.2) is 4.39 Å². The highest BCUT2D eigenvalue weighted by Crippen LogP contribution is 2.29. The van der Waals surface area contributed by atoms with Gasteiger partial charge in [0.05, 0.1) is 28.3 Å². The highest BCUT2D eigenvalue weighted by molar-refractivity contribution is 7.99. The third-order valence-electron chi connectivity index (χ3n) is 4.50. The lowest BCUT2D eigenvalue weighted by atomic mass is 10.2. The molecular formula is C21H16FN5O4S. The summed E-state index contributed by atoms with van der Waals surface area (Å²) in [6.45, 7) is 1.74. The first-order valence-corrected chi connectivity index (χ1v) is 10.3. The minimum Gasteiger partial charge on any atom is -0.461 e. The summed E-state index contributed by atoms with van der Waals surface area (Å²) in [5, 5.41) is 22.4. The summed E-state index contributed by atoms with van der Waals surface area (Å²) in [5.74, 6) is 0.0815. The van der Waals surface area contributed by atoms with Gasteiger partial charge in [-0.2, -0.15) is 0 Å². The molecule has 0 spiro atoms. The predicted octanol–water partition coefficient (Wildman–Crippen LogP) is 4.61. The Labute approximate surface area is 185 Å². The maximum absolute atomic E-state index is 13.4. The first kappa shape index (κ1) is 21.2. The second kappa shape index (κ2) is 9.02. The summed E-state index contributed by atoms with van der Waals surface area (Å²) < 4.78 is 20.5. The van der Waals surface area contributed by atoms with Crippen LogP contribution in [0, 0.1) is 22.9 Å². The Morgan fingerprint density at radius 3 is 2.69 bits per heavy atom. The van der Waals surface area contributed by atoms with Crippen LogP contribution in [0.15, 0.2) is 70.4 Å². The van der Waals surface area contributed by atoms with Crippen molar-refractivity contribution in [1.82, 2.24) is 14.8 Å². The topological polar surface area (TPSA) is 116 Å². The van der Waals surface area contributed by atoms with E-state index in [1.807, 2.05) is 0 Å². The van der Waals surface area contributed by atoms with Crippen molar-refractivity contribution in [2.75, 3.05) is 11.1 Å². The van der Waals surface area contributed by atoms with Gasteiger partial charge >= 0.3 is 0 Å². The molecule has 2 heterocycles. The van der Waals surface area contributed by atoms with Gasteiger partial charge in [-0.15, -0.1) is 10.2 Å². The number of aromatic nitrogens is 3. The maximum Gasteiger partial charge on any atom is 0.271 e. The predicted molar refractivity (Wildman–Crippen MR) is 116 cm³/mol. The number of furan rings is 1. The molecule has 0 aliphatic heterocycles. The molecule has 1 amide bonds. The van der Waals surface area contributed by atoms with Crippen molar-refractivity contribution in [2.24, 2.45) is 0 Å². The van der Waals surface area contributed by atoms with Crippen molar-refractivity contribution >= 4 is 29.0 Å². The van der Waals surface area contributed by atoms with Gasteiger partial charge in [0.1, 0.15) is 5.82 Å². The fraction of sp³-hybridized carbons (Fsp3) is 0.0952. The Morgan fingerprint density at radius 1 is 1.22 bits per heavy atom. The first-order valence-electron chi connectivity index (χ1n) is 9.35. The van der Waals surface area contributed by atoms with E-state index in [-0.39, 0.29) is 23.2 Å². The zero-order chi connectivity index (χ0) is 22.7. The maximum atomic E-state index is 13.4. The van der Waals surface area contributed by atoms with Crippen molar-refractivity contribution in [3.8, 4) is 17.3 Å². The molecule has 0 radical (unpaired) electrons. The van der Waals surface area contributed by atoms with Gasteiger partial charge < -0.3 is 9.73 Å². The number of nitro groups is 1. The van der Waals surface area contributed by atoms with E-state index in [0.29, 0.717) is 33.7 Å². The Bertz CT molecular complexity index is 1270. The molecule has 0 atom stereocenters. The smallest absolute Gasteiger partial charge is 0.271 e. The molecule has 1 N–H and O–H groups in total. The molecule has 0 saturated carbocycles. The van der Waals surface area contributed by atoms with Crippen LogP contribution in [0.25, 0.3) is 17.3 Å². The minimum absolute atomic E-state index is 0.0282. The Kier molecular flexibility index (Phi) is 5.99. The molecule has 4 rings (SSSR count). The van der Waals surface area contributed by atoms with E-state index in [9.17, 15) is 19.3 Å². The van der Waals surface area contributed by atoms with E-state index in [0.717, 1.165) is 11.8 Å². The number of nitrogens with zero attached hydrogens (tertiary/aromatic N) is 4. The van der Waals surface area contributed by atoms with Crippen LogP contribution in [0.5, 0.6) is 0 Å². The van der Waals surface area contributed by atoms with Crippen molar-refractivity contribution in [1.29, 1.82) is 0 Å². The Morgan fingerprint density at radius 2 is 2.00 bits per heavy atom. The number of hydrogen-bond donors (Lipinski definition) is 1. The third kappa shape index (κ3) is 4.52. The van der Waals surface area contributed by atoms with E-state index >= 15 is 0 Å². The Hall–Kier alpha value is -3.99. The van der Waals surface area contributed by atoms with Crippen LogP contribution < -0.4 is 5.32 Å². The number of benzene rings is 2. The third-order valence-corrected chi connectivity index (χ3v) is 5.43. The van der Waals surface area contributed by atoms with Crippen LogP contribution in [0.4, 0.5) is 15.8 Å². The van der Waals surface area contributed by atoms with Crippen LogP contribution in [-0.2, 0) is 4.79 Å². The number of anilines is 1. The SMILES string of the molecule is Cc1ccc([N+](=O)[O-])cc1NC(=O)CSc1nnc(-c2ccco2)n1-c1ccc(F)cc1. The molecule has 0 aliphatic carbocycles. The van der Waals surface area contributed by atoms with E-state index in [1.165, 1.54) is 30.5 Å². The average Bonchev–Trinajstić information content (AvgIpc) is 3.44. The van der Waals surface area contributed by atoms with Gasteiger partial charge in [0, 0.05) is 12.1 Å². The molecule has 9 nitrogen and oxygen atoms in total. The number of halogens is 1. The van der Waals surface area contributed by atoms with Crippen LogP contribution in [-0.4, -0.2) is 31.3 Å². The van der Waals surface area contributed by atoms with Gasteiger partial charge in [-0.1, -0.05) is 17.8 Å². The monoisotopic (exact) mass is 453 g/mol. The summed E-state index contributed by atoms with van der Waals surface area (Å²) in [5.41, 5.74) is 1.54. The molecule has 2 aromatic heterocycles. The lowest BCUT2D eigenvalue weighted by Gasteiger charge is -2.10. The van der Waals surface area contributed by atoms with Crippen LogP contribution in [0.3, 0.4) is 0 Å². The summed E-state index contributed by atoms with van der Waals surface area (Å²) in [6, 6.07) is 13.5. The number of nitrogens with one attached hydrogen (secondary N) is 1. The zero-order valence-electron chi connectivity index (χ0n) is 16.7. The number of amides is 1. The number of carbonyl (C=O) groups is 1. The fourth-order valence-corrected chi connectivity index (χ4v) is 3.68. The molecule has 0 aliphatic rings. The van der Waals surface area contributed by atoms with Crippen molar-refractivity contribution in [2.45, 2.75) is 12.1 Å². The van der Waals surface area contributed by atoms with Crippen molar-refractivity contribution in [3.63, 3.8) is 0 Å². The quantitative estimate of drug-likeness (QED) is 0.247. The van der Waals surface area contributed by atoms with E-state index in [1.54, 1.807) is 41.8 Å². The highest BCUT2D eigenvalue weighted by Gasteiger charge is 2.19. The highest BCUT2D eigenvalue weighted by atomic mass is 32.2. The number of thioether (sulfide) groups is 1. The van der Waals surface area contributed by atoms with Gasteiger partial charge in [0.25, 0.3) is 5.69 Å². The molecule has 4 aromatic rings. The molecule has 0 saturated heterocycles. The molecule has 32 heavy (non-hydrogen) atoms.